The van der Waals surface area contributed by atoms with Crippen LogP contribution in [0.2, 0.25) is 0 Å². The SMILES string of the molecule is CSc1ccc(NC(=O)Cc2csc(NC(=O)c3cnccn3)n2)cc1. The van der Waals surface area contributed by atoms with E-state index in [2.05, 4.69) is 25.6 Å². The molecule has 0 fully saturated rings. The number of nitrogens with zero attached hydrogens (tertiary/aromatic N) is 3. The highest BCUT2D eigenvalue weighted by Crippen LogP contribution is 2.19. The van der Waals surface area contributed by atoms with E-state index in [4.69, 9.17) is 0 Å². The number of anilines is 2. The molecule has 0 bridgehead atoms. The summed E-state index contributed by atoms with van der Waals surface area (Å²) < 4.78 is 0. The summed E-state index contributed by atoms with van der Waals surface area (Å²) >= 11 is 2.89. The number of amides is 2. The van der Waals surface area contributed by atoms with Gasteiger partial charge in [-0.05, 0) is 30.5 Å². The predicted molar refractivity (Wildman–Crippen MR) is 103 cm³/mol. The normalized spacial score (nSPS) is 10.3. The summed E-state index contributed by atoms with van der Waals surface area (Å²) in [5.41, 5.74) is 1.53. The van der Waals surface area contributed by atoms with Crippen LogP contribution in [-0.2, 0) is 11.2 Å². The van der Waals surface area contributed by atoms with Crippen LogP contribution in [0.3, 0.4) is 0 Å². The third-order valence-corrected chi connectivity index (χ3v) is 4.83. The Hall–Kier alpha value is -2.78. The lowest BCUT2D eigenvalue weighted by Gasteiger charge is -2.04. The van der Waals surface area contributed by atoms with Crippen molar-refractivity contribution in [3.05, 3.63) is 59.6 Å². The molecule has 3 rings (SSSR count). The zero-order chi connectivity index (χ0) is 18.4. The van der Waals surface area contributed by atoms with Gasteiger partial charge in [-0.2, -0.15) is 0 Å². The Bertz CT molecular complexity index is 897. The molecule has 7 nitrogen and oxygen atoms in total. The summed E-state index contributed by atoms with van der Waals surface area (Å²) in [6, 6.07) is 7.61. The Kier molecular flexibility index (Phi) is 5.92. The molecule has 0 saturated heterocycles. The second-order valence-electron chi connectivity index (χ2n) is 5.14. The van der Waals surface area contributed by atoms with Crippen molar-refractivity contribution in [1.82, 2.24) is 15.0 Å². The predicted octanol–water partition coefficient (Wildman–Crippen LogP) is 3.09. The fourth-order valence-electron chi connectivity index (χ4n) is 2.07. The van der Waals surface area contributed by atoms with E-state index in [1.54, 1.807) is 17.1 Å². The number of nitrogens with one attached hydrogen (secondary N) is 2. The van der Waals surface area contributed by atoms with Gasteiger partial charge >= 0.3 is 0 Å². The molecule has 2 aromatic heterocycles. The molecule has 0 radical (unpaired) electrons. The quantitative estimate of drug-likeness (QED) is 0.633. The average molecular weight is 385 g/mol. The molecule has 0 unspecified atom stereocenters. The van der Waals surface area contributed by atoms with Crippen molar-refractivity contribution in [1.29, 1.82) is 0 Å². The highest BCUT2D eigenvalue weighted by molar-refractivity contribution is 7.98. The largest absolute Gasteiger partial charge is 0.326 e. The van der Waals surface area contributed by atoms with Crippen molar-refractivity contribution in [2.24, 2.45) is 0 Å². The summed E-state index contributed by atoms with van der Waals surface area (Å²) in [6.07, 6.45) is 6.43. The van der Waals surface area contributed by atoms with Crippen LogP contribution in [0.1, 0.15) is 16.2 Å². The molecule has 2 heterocycles. The van der Waals surface area contributed by atoms with Crippen molar-refractivity contribution in [2.75, 3.05) is 16.9 Å². The molecule has 0 spiro atoms. The molecule has 1 aromatic carbocycles. The molecule has 9 heteroatoms. The number of thiazole rings is 1. The molecular formula is C17H15N5O2S2. The van der Waals surface area contributed by atoms with E-state index in [9.17, 15) is 9.59 Å². The molecule has 2 N–H and O–H groups in total. The summed E-state index contributed by atoms with van der Waals surface area (Å²) in [5.74, 6) is -0.559. The van der Waals surface area contributed by atoms with Crippen molar-refractivity contribution in [3.63, 3.8) is 0 Å². The van der Waals surface area contributed by atoms with Gasteiger partial charge in [-0.1, -0.05) is 0 Å². The van der Waals surface area contributed by atoms with Gasteiger partial charge in [0, 0.05) is 28.4 Å². The Labute approximate surface area is 158 Å². The fourth-order valence-corrected chi connectivity index (χ4v) is 3.18. The van der Waals surface area contributed by atoms with Crippen LogP contribution in [0.15, 0.2) is 53.1 Å². The number of carbonyl (C=O) groups excluding carboxylic acids is 2. The first-order valence-electron chi connectivity index (χ1n) is 7.60. The summed E-state index contributed by atoms with van der Waals surface area (Å²) in [4.78, 5) is 37.3. The van der Waals surface area contributed by atoms with Crippen molar-refractivity contribution >= 4 is 45.7 Å². The van der Waals surface area contributed by atoms with Gasteiger partial charge in [0.05, 0.1) is 18.3 Å². The van der Waals surface area contributed by atoms with Gasteiger partial charge in [0.2, 0.25) is 5.91 Å². The molecule has 3 aromatic rings. The minimum atomic E-state index is -0.391. The molecule has 0 aliphatic carbocycles. The van der Waals surface area contributed by atoms with Crippen molar-refractivity contribution in [3.8, 4) is 0 Å². The molecular weight excluding hydrogens is 370 g/mol. The summed E-state index contributed by atoms with van der Waals surface area (Å²) in [7, 11) is 0. The monoisotopic (exact) mass is 385 g/mol. The van der Waals surface area contributed by atoms with Gasteiger partial charge in [0.15, 0.2) is 5.13 Å². The van der Waals surface area contributed by atoms with Crippen LogP contribution in [0.5, 0.6) is 0 Å². The number of rotatable bonds is 6. The Morgan fingerprint density at radius 3 is 2.65 bits per heavy atom. The van der Waals surface area contributed by atoms with E-state index in [1.807, 2.05) is 30.5 Å². The molecule has 0 saturated carbocycles. The highest BCUT2D eigenvalue weighted by Gasteiger charge is 2.12. The second-order valence-corrected chi connectivity index (χ2v) is 6.88. The first kappa shape index (κ1) is 18.0. The van der Waals surface area contributed by atoms with Gasteiger partial charge < -0.3 is 5.32 Å². The van der Waals surface area contributed by atoms with Gasteiger partial charge in [-0.3, -0.25) is 19.9 Å². The van der Waals surface area contributed by atoms with Crippen LogP contribution in [0.25, 0.3) is 0 Å². The summed E-state index contributed by atoms with van der Waals surface area (Å²) in [5, 5.41) is 7.62. The number of carbonyl (C=O) groups is 2. The minimum Gasteiger partial charge on any atom is -0.326 e. The van der Waals surface area contributed by atoms with Crippen LogP contribution in [0.4, 0.5) is 10.8 Å². The highest BCUT2D eigenvalue weighted by atomic mass is 32.2. The van der Waals surface area contributed by atoms with Crippen molar-refractivity contribution < 1.29 is 9.59 Å². The molecule has 0 atom stereocenters. The summed E-state index contributed by atoms with van der Waals surface area (Å²) in [6.45, 7) is 0. The van der Waals surface area contributed by atoms with Crippen LogP contribution >= 0.6 is 23.1 Å². The Morgan fingerprint density at radius 1 is 1.15 bits per heavy atom. The molecule has 26 heavy (non-hydrogen) atoms. The Balaban J connectivity index is 1.55. The van der Waals surface area contributed by atoms with E-state index in [1.165, 1.54) is 29.9 Å². The van der Waals surface area contributed by atoms with E-state index >= 15 is 0 Å². The van der Waals surface area contributed by atoms with E-state index in [0.29, 0.717) is 10.8 Å². The van der Waals surface area contributed by atoms with Crippen LogP contribution in [-0.4, -0.2) is 33.0 Å². The maximum absolute atomic E-state index is 12.1. The van der Waals surface area contributed by atoms with Gasteiger partial charge in [0.1, 0.15) is 5.69 Å². The Morgan fingerprint density at radius 2 is 1.96 bits per heavy atom. The third-order valence-electron chi connectivity index (χ3n) is 3.28. The van der Waals surface area contributed by atoms with E-state index < -0.39 is 5.91 Å². The lowest BCUT2D eigenvalue weighted by molar-refractivity contribution is -0.115. The zero-order valence-electron chi connectivity index (χ0n) is 13.8. The van der Waals surface area contributed by atoms with Crippen molar-refractivity contribution in [2.45, 2.75) is 11.3 Å². The van der Waals surface area contributed by atoms with Gasteiger partial charge in [0.25, 0.3) is 5.91 Å². The average Bonchev–Trinajstić information content (AvgIpc) is 3.09. The number of aromatic nitrogens is 3. The van der Waals surface area contributed by atoms with Gasteiger partial charge in [-0.15, -0.1) is 23.1 Å². The van der Waals surface area contributed by atoms with Gasteiger partial charge in [-0.25, -0.2) is 9.97 Å². The number of thioether (sulfide) groups is 1. The van der Waals surface area contributed by atoms with Crippen LogP contribution < -0.4 is 10.6 Å². The van der Waals surface area contributed by atoms with E-state index in [0.717, 1.165) is 10.6 Å². The number of hydrogen-bond acceptors (Lipinski definition) is 7. The minimum absolute atomic E-state index is 0.127. The third kappa shape index (κ3) is 4.87. The fraction of sp³-hybridized carbons (Fsp3) is 0.118. The maximum atomic E-state index is 12.1. The maximum Gasteiger partial charge on any atom is 0.277 e. The topological polar surface area (TPSA) is 96.9 Å². The number of hydrogen-bond donors (Lipinski definition) is 2. The standard InChI is InChI=1S/C17H15N5O2S2/c1-25-13-4-2-11(3-5-13)20-15(23)8-12-10-26-17(21-12)22-16(24)14-9-18-6-7-19-14/h2-7,9-10H,8H2,1H3,(H,20,23)(H,21,22,24). The second kappa shape index (κ2) is 8.54. The molecule has 0 aliphatic rings. The van der Waals surface area contributed by atoms with Crippen LogP contribution in [0, 0.1) is 0 Å². The lowest BCUT2D eigenvalue weighted by atomic mass is 10.3. The smallest absolute Gasteiger partial charge is 0.277 e. The lowest BCUT2D eigenvalue weighted by Crippen LogP contribution is -2.15. The first-order chi connectivity index (χ1) is 12.6. The number of benzene rings is 1. The van der Waals surface area contributed by atoms with E-state index in [-0.39, 0.29) is 18.0 Å². The first-order valence-corrected chi connectivity index (χ1v) is 9.70. The molecule has 0 aliphatic heterocycles. The zero-order valence-corrected chi connectivity index (χ0v) is 15.4. The molecule has 132 valence electrons. The molecule has 2 amide bonds.